The molecular weight excluding hydrogens is 388 g/mol. The van der Waals surface area contributed by atoms with Crippen LogP contribution in [0.15, 0.2) is 59.4 Å². The van der Waals surface area contributed by atoms with E-state index < -0.39 is 0 Å². The van der Waals surface area contributed by atoms with E-state index in [0.717, 1.165) is 24.2 Å². The number of nitrogens with zero attached hydrogens (tertiary/aromatic N) is 3. The zero-order valence-corrected chi connectivity index (χ0v) is 17.4. The highest BCUT2D eigenvalue weighted by atomic mass is 16.2. The second-order valence-electron chi connectivity index (χ2n) is 9.30. The molecule has 3 aromatic rings. The maximum Gasteiger partial charge on any atom is 0.274 e. The molecule has 2 aromatic heterocycles. The fourth-order valence-corrected chi connectivity index (χ4v) is 5.54. The number of aromatic amines is 1. The van der Waals surface area contributed by atoms with Gasteiger partial charge in [0.1, 0.15) is 5.69 Å². The Balaban J connectivity index is 1.33. The molecule has 1 N–H and O–H groups in total. The third kappa shape index (κ3) is 3.30. The third-order valence-corrected chi connectivity index (χ3v) is 7.21. The molecule has 6 nitrogen and oxygen atoms in total. The minimum Gasteiger partial charge on any atom is -0.336 e. The lowest BCUT2D eigenvalue weighted by Crippen LogP contribution is -2.51. The van der Waals surface area contributed by atoms with Gasteiger partial charge in [-0.15, -0.1) is 0 Å². The number of nitrogens with one attached hydrogen (secondary N) is 1. The summed E-state index contributed by atoms with van der Waals surface area (Å²) in [4.78, 5) is 28.1. The van der Waals surface area contributed by atoms with Crippen LogP contribution in [0.5, 0.6) is 0 Å². The van der Waals surface area contributed by atoms with Gasteiger partial charge in [0.25, 0.3) is 11.5 Å². The number of aromatic nitrogens is 3. The number of fused-ring (bicyclic) bond motifs is 4. The lowest BCUT2D eigenvalue weighted by atomic mass is 9.76. The summed E-state index contributed by atoms with van der Waals surface area (Å²) >= 11 is 0. The van der Waals surface area contributed by atoms with Crippen molar-refractivity contribution in [2.75, 3.05) is 13.1 Å². The van der Waals surface area contributed by atoms with E-state index in [4.69, 9.17) is 0 Å². The Morgan fingerprint density at radius 3 is 2.68 bits per heavy atom. The number of H-pyrrole nitrogens is 1. The Morgan fingerprint density at radius 1 is 1.03 bits per heavy atom. The van der Waals surface area contributed by atoms with Crippen LogP contribution in [0.25, 0.3) is 0 Å². The molecule has 0 unspecified atom stereocenters. The van der Waals surface area contributed by atoms with E-state index in [2.05, 4.69) is 28.4 Å². The van der Waals surface area contributed by atoms with Crippen LogP contribution in [0.1, 0.15) is 64.6 Å². The zero-order chi connectivity index (χ0) is 20.9. The maximum atomic E-state index is 13.3. The van der Waals surface area contributed by atoms with Gasteiger partial charge in [-0.25, -0.2) is 0 Å². The Labute approximate surface area is 180 Å². The number of amides is 1. The lowest BCUT2D eigenvalue weighted by Gasteiger charge is -2.47. The summed E-state index contributed by atoms with van der Waals surface area (Å²) in [6, 6.07) is 17.9. The van der Waals surface area contributed by atoms with Crippen LogP contribution < -0.4 is 5.56 Å². The van der Waals surface area contributed by atoms with Crippen LogP contribution >= 0.6 is 0 Å². The molecule has 31 heavy (non-hydrogen) atoms. The predicted molar refractivity (Wildman–Crippen MR) is 117 cm³/mol. The minimum atomic E-state index is 0.00281. The van der Waals surface area contributed by atoms with Gasteiger partial charge >= 0.3 is 0 Å². The Hall–Kier alpha value is -3.15. The molecule has 0 spiro atoms. The summed E-state index contributed by atoms with van der Waals surface area (Å²) in [5.41, 5.74) is 3.95. The highest BCUT2D eigenvalue weighted by molar-refractivity contribution is 5.92. The van der Waals surface area contributed by atoms with Gasteiger partial charge in [-0.05, 0) is 49.3 Å². The largest absolute Gasteiger partial charge is 0.336 e. The molecule has 6 heteroatoms. The van der Waals surface area contributed by atoms with Gasteiger partial charge in [0.2, 0.25) is 0 Å². The normalized spacial score (nSPS) is 24.6. The van der Waals surface area contributed by atoms with Crippen molar-refractivity contribution in [3.05, 3.63) is 87.6 Å². The average Bonchev–Trinajstić information content (AvgIpc) is 3.53. The van der Waals surface area contributed by atoms with Crippen LogP contribution in [0.4, 0.5) is 0 Å². The molecule has 1 amide bonds. The van der Waals surface area contributed by atoms with Gasteiger partial charge in [0.05, 0.1) is 0 Å². The Bertz CT molecular complexity index is 1180. The molecule has 1 aliphatic carbocycles. The molecule has 2 bridgehead atoms. The number of carbonyl (C=O) groups excluding carboxylic acids is 1. The monoisotopic (exact) mass is 414 g/mol. The van der Waals surface area contributed by atoms with Crippen molar-refractivity contribution in [3.63, 3.8) is 0 Å². The lowest BCUT2D eigenvalue weighted by molar-refractivity contribution is 0.0523. The van der Waals surface area contributed by atoms with E-state index in [-0.39, 0.29) is 29.3 Å². The van der Waals surface area contributed by atoms with Gasteiger partial charge in [0.15, 0.2) is 0 Å². The fourth-order valence-electron chi connectivity index (χ4n) is 5.54. The fraction of sp³-hybridized carbons (Fsp3) is 0.400. The van der Waals surface area contributed by atoms with E-state index in [1.54, 1.807) is 6.07 Å². The first-order valence-electron chi connectivity index (χ1n) is 11.3. The number of pyridine rings is 1. The summed E-state index contributed by atoms with van der Waals surface area (Å²) in [7, 11) is 0. The second kappa shape index (κ2) is 7.22. The summed E-state index contributed by atoms with van der Waals surface area (Å²) in [6.45, 7) is 1.31. The number of benzene rings is 1. The van der Waals surface area contributed by atoms with Crippen LogP contribution in [-0.4, -0.2) is 38.7 Å². The van der Waals surface area contributed by atoms with Crippen molar-refractivity contribution in [2.24, 2.45) is 5.92 Å². The van der Waals surface area contributed by atoms with E-state index >= 15 is 0 Å². The van der Waals surface area contributed by atoms with E-state index in [9.17, 15) is 9.59 Å². The number of hydrogen-bond donors (Lipinski definition) is 1. The Kier molecular flexibility index (Phi) is 4.33. The van der Waals surface area contributed by atoms with Crippen molar-refractivity contribution >= 4 is 5.91 Å². The number of piperidine rings is 1. The van der Waals surface area contributed by atoms with E-state index in [0.29, 0.717) is 24.7 Å². The maximum absolute atomic E-state index is 13.3. The highest BCUT2D eigenvalue weighted by Crippen LogP contribution is 2.43. The van der Waals surface area contributed by atoms with Crippen molar-refractivity contribution in [2.45, 2.75) is 43.6 Å². The van der Waals surface area contributed by atoms with Crippen LogP contribution in [-0.2, 0) is 6.42 Å². The Morgan fingerprint density at radius 2 is 1.87 bits per heavy atom. The van der Waals surface area contributed by atoms with Crippen molar-refractivity contribution < 1.29 is 4.79 Å². The molecule has 2 fully saturated rings. The molecule has 0 radical (unpaired) electrons. The van der Waals surface area contributed by atoms with Crippen LogP contribution in [0.2, 0.25) is 0 Å². The molecule has 6 rings (SSSR count). The zero-order valence-electron chi connectivity index (χ0n) is 17.4. The SMILES string of the molecule is O=C(c1cc(C2CC2)[nH]n1)N1C[C@H]2C[C@@H](C1)[C@H](Cc1ccccc1)n1c2cccc1=O. The van der Waals surface area contributed by atoms with Crippen LogP contribution in [0.3, 0.4) is 0 Å². The topological polar surface area (TPSA) is 71.0 Å². The second-order valence-corrected chi connectivity index (χ2v) is 9.30. The summed E-state index contributed by atoms with van der Waals surface area (Å²) in [5, 5.41) is 7.38. The molecule has 3 atom stereocenters. The van der Waals surface area contributed by atoms with Crippen molar-refractivity contribution in [1.29, 1.82) is 0 Å². The minimum absolute atomic E-state index is 0.00281. The first kappa shape index (κ1) is 18.6. The van der Waals surface area contributed by atoms with Gasteiger partial charge in [-0.3, -0.25) is 14.7 Å². The van der Waals surface area contributed by atoms with Crippen molar-refractivity contribution in [3.8, 4) is 0 Å². The van der Waals surface area contributed by atoms with Gasteiger partial charge in [-0.2, -0.15) is 5.10 Å². The summed E-state index contributed by atoms with van der Waals surface area (Å²) in [5.74, 6) is 0.981. The first-order chi connectivity index (χ1) is 15.2. The smallest absolute Gasteiger partial charge is 0.274 e. The molecule has 1 aromatic carbocycles. The molecule has 158 valence electrons. The molecule has 2 aliphatic heterocycles. The molecule has 4 heterocycles. The molecular formula is C25H26N4O2. The molecule has 1 saturated heterocycles. The van der Waals surface area contributed by atoms with Crippen molar-refractivity contribution in [1.82, 2.24) is 19.7 Å². The molecule has 3 aliphatic rings. The number of rotatable bonds is 4. The van der Waals surface area contributed by atoms with Gasteiger partial charge in [-0.1, -0.05) is 36.4 Å². The third-order valence-electron chi connectivity index (χ3n) is 7.21. The van der Waals surface area contributed by atoms with E-state index in [1.807, 2.05) is 39.8 Å². The quantitative estimate of drug-likeness (QED) is 0.710. The first-order valence-corrected chi connectivity index (χ1v) is 11.3. The number of carbonyl (C=O) groups is 1. The molecule has 1 saturated carbocycles. The van der Waals surface area contributed by atoms with Gasteiger partial charge < -0.3 is 9.47 Å². The average molecular weight is 415 g/mol. The highest BCUT2D eigenvalue weighted by Gasteiger charge is 2.42. The summed E-state index contributed by atoms with van der Waals surface area (Å²) in [6.07, 6.45) is 4.16. The number of hydrogen-bond acceptors (Lipinski definition) is 3. The van der Waals surface area contributed by atoms with Gasteiger partial charge in [0, 0.05) is 48.4 Å². The summed E-state index contributed by atoms with van der Waals surface area (Å²) < 4.78 is 2.01. The number of likely N-dealkylation sites (tertiary alicyclic amines) is 1. The standard InChI is InChI=1S/C25H26N4O2/c30-24-8-4-7-22-18-12-19(23(29(22)24)11-16-5-2-1-3-6-16)15-28(14-18)25(31)21-13-20(26-27-21)17-9-10-17/h1-8,13,17-19,23H,9-12,14-15H2,(H,26,27)/t18-,19+,23+/m1/s1. The predicted octanol–water partition coefficient (Wildman–Crippen LogP) is 3.49. The van der Waals surface area contributed by atoms with E-state index in [1.165, 1.54) is 18.4 Å². The van der Waals surface area contributed by atoms with Crippen LogP contribution in [0, 0.1) is 5.92 Å².